The van der Waals surface area contributed by atoms with Crippen molar-refractivity contribution in [1.82, 2.24) is 0 Å². The van der Waals surface area contributed by atoms with E-state index in [4.69, 9.17) is 0 Å². The van der Waals surface area contributed by atoms with Crippen LogP contribution < -0.4 is 0 Å². The predicted octanol–water partition coefficient (Wildman–Crippen LogP) is 7.70. The number of allylic oxidation sites excluding steroid dienone is 4. The first-order valence-corrected chi connectivity index (χ1v) is 9.58. The van der Waals surface area contributed by atoms with Crippen LogP contribution in [0.2, 0.25) is 0 Å². The van der Waals surface area contributed by atoms with Crippen LogP contribution in [0.3, 0.4) is 0 Å². The van der Waals surface area contributed by atoms with E-state index < -0.39 is 0 Å². The Morgan fingerprint density at radius 2 is 1.41 bits per heavy atom. The van der Waals surface area contributed by atoms with Crippen LogP contribution >= 0.6 is 0 Å². The Morgan fingerprint density at radius 3 is 1.95 bits per heavy atom. The molecular formula is C22H40. The van der Waals surface area contributed by atoms with Gasteiger partial charge in [-0.2, -0.15) is 0 Å². The summed E-state index contributed by atoms with van der Waals surface area (Å²) in [5.41, 5.74) is 3.94. The predicted molar refractivity (Wildman–Crippen MR) is 101 cm³/mol. The largest absolute Gasteiger partial charge is 0.0654 e. The molecule has 1 rings (SSSR count). The highest BCUT2D eigenvalue weighted by Gasteiger charge is 2.30. The van der Waals surface area contributed by atoms with Gasteiger partial charge in [-0.3, -0.25) is 0 Å². The van der Waals surface area contributed by atoms with Crippen LogP contribution in [0.5, 0.6) is 0 Å². The zero-order chi connectivity index (χ0) is 16.8. The fraction of sp³-hybridized carbons (Fsp3) is 0.818. The number of hydrogen-bond acceptors (Lipinski definition) is 0. The van der Waals surface area contributed by atoms with E-state index >= 15 is 0 Å². The second-order valence-corrected chi connectivity index (χ2v) is 9.27. The van der Waals surface area contributed by atoms with Crippen molar-refractivity contribution >= 4 is 0 Å². The summed E-state index contributed by atoms with van der Waals surface area (Å²) in [6.45, 7) is 16.5. The van der Waals surface area contributed by atoms with Crippen LogP contribution in [0.1, 0.15) is 99.8 Å². The summed E-state index contributed by atoms with van der Waals surface area (Å²) in [5.74, 6) is 0.769. The number of hydrogen-bond donors (Lipinski definition) is 0. The van der Waals surface area contributed by atoms with Gasteiger partial charge in [0.2, 0.25) is 0 Å². The highest BCUT2D eigenvalue weighted by molar-refractivity contribution is 5.32. The first-order valence-electron chi connectivity index (χ1n) is 9.58. The quantitative estimate of drug-likeness (QED) is 0.423. The maximum atomic E-state index is 2.45. The van der Waals surface area contributed by atoms with Crippen LogP contribution in [0.25, 0.3) is 0 Å². The Balaban J connectivity index is 2.63. The lowest BCUT2D eigenvalue weighted by Gasteiger charge is -2.37. The molecule has 0 saturated heterocycles. The first-order chi connectivity index (χ1) is 10.2. The lowest BCUT2D eigenvalue weighted by Crippen LogP contribution is -2.24. The summed E-state index contributed by atoms with van der Waals surface area (Å²) >= 11 is 0. The monoisotopic (exact) mass is 304 g/mol. The molecule has 1 unspecified atom stereocenters. The lowest BCUT2D eigenvalue weighted by atomic mass is 9.68. The number of rotatable bonds is 7. The zero-order valence-corrected chi connectivity index (χ0v) is 16.4. The van der Waals surface area contributed by atoms with Gasteiger partial charge in [-0.1, -0.05) is 110 Å². The standard InChI is InChI=1S/C22H40/c1-8-9-10-11-12-13-14-18-17-19(21(2,3)4)15-16-20(18)22(5,6)7/h15-16,18H,8-14,17H2,1-7H3. The Morgan fingerprint density at radius 1 is 0.818 bits per heavy atom. The smallest absolute Gasteiger partial charge is 0.0157 e. The molecule has 0 spiro atoms. The van der Waals surface area contributed by atoms with Crippen molar-refractivity contribution in [2.75, 3.05) is 0 Å². The average Bonchev–Trinajstić information content (AvgIpc) is 2.40. The summed E-state index contributed by atoms with van der Waals surface area (Å²) in [4.78, 5) is 0. The summed E-state index contributed by atoms with van der Waals surface area (Å²) < 4.78 is 0. The summed E-state index contributed by atoms with van der Waals surface area (Å²) in [6, 6.07) is 0. The Hall–Kier alpha value is -0.520. The van der Waals surface area contributed by atoms with E-state index in [2.05, 4.69) is 60.6 Å². The highest BCUT2D eigenvalue weighted by atomic mass is 14.4. The minimum absolute atomic E-state index is 0.312. The second kappa shape index (κ2) is 8.37. The Labute approximate surface area is 140 Å². The molecule has 0 aromatic heterocycles. The molecule has 0 N–H and O–H groups in total. The van der Waals surface area contributed by atoms with Gasteiger partial charge in [-0.15, -0.1) is 0 Å². The molecule has 0 aromatic carbocycles. The fourth-order valence-corrected chi connectivity index (χ4v) is 3.62. The van der Waals surface area contributed by atoms with Crippen LogP contribution in [0.4, 0.5) is 0 Å². The molecule has 0 fully saturated rings. The highest BCUT2D eigenvalue weighted by Crippen LogP contribution is 2.43. The van der Waals surface area contributed by atoms with Gasteiger partial charge in [0.1, 0.15) is 0 Å². The molecule has 0 radical (unpaired) electrons. The van der Waals surface area contributed by atoms with Gasteiger partial charge in [0.25, 0.3) is 0 Å². The van der Waals surface area contributed by atoms with Crippen molar-refractivity contribution in [2.24, 2.45) is 16.7 Å². The van der Waals surface area contributed by atoms with Crippen molar-refractivity contribution in [3.63, 3.8) is 0 Å². The van der Waals surface area contributed by atoms with Crippen molar-refractivity contribution < 1.29 is 0 Å². The SMILES string of the molecule is CCCCCCCCC1CC(C(C)(C)C)=CC=C1C(C)(C)C. The van der Waals surface area contributed by atoms with E-state index in [-0.39, 0.29) is 0 Å². The molecular weight excluding hydrogens is 264 g/mol. The molecule has 0 nitrogen and oxygen atoms in total. The summed E-state index contributed by atoms with van der Waals surface area (Å²) in [5, 5.41) is 0. The van der Waals surface area contributed by atoms with Gasteiger partial charge in [-0.05, 0) is 29.6 Å². The van der Waals surface area contributed by atoms with E-state index in [1.807, 2.05) is 0 Å². The van der Waals surface area contributed by atoms with E-state index in [1.165, 1.54) is 51.4 Å². The molecule has 22 heavy (non-hydrogen) atoms. The van der Waals surface area contributed by atoms with Crippen LogP contribution in [0, 0.1) is 16.7 Å². The molecule has 0 aromatic rings. The van der Waals surface area contributed by atoms with Crippen LogP contribution in [0.15, 0.2) is 23.3 Å². The Bertz CT molecular complexity index is 381. The van der Waals surface area contributed by atoms with Gasteiger partial charge < -0.3 is 0 Å². The number of unbranched alkanes of at least 4 members (excludes halogenated alkanes) is 5. The third-order valence-electron chi connectivity index (χ3n) is 5.11. The molecule has 0 bridgehead atoms. The maximum absolute atomic E-state index is 2.45. The molecule has 128 valence electrons. The molecule has 0 aliphatic heterocycles. The molecule has 0 heteroatoms. The average molecular weight is 305 g/mol. The minimum atomic E-state index is 0.312. The van der Waals surface area contributed by atoms with E-state index in [0.29, 0.717) is 10.8 Å². The van der Waals surface area contributed by atoms with Crippen molar-refractivity contribution in [1.29, 1.82) is 0 Å². The Kier molecular flexibility index (Phi) is 7.42. The van der Waals surface area contributed by atoms with Gasteiger partial charge in [-0.25, -0.2) is 0 Å². The zero-order valence-electron chi connectivity index (χ0n) is 16.4. The van der Waals surface area contributed by atoms with E-state index in [0.717, 1.165) is 5.92 Å². The molecule has 0 heterocycles. The molecule has 0 amide bonds. The van der Waals surface area contributed by atoms with Crippen LogP contribution in [-0.4, -0.2) is 0 Å². The van der Waals surface area contributed by atoms with E-state index in [9.17, 15) is 0 Å². The van der Waals surface area contributed by atoms with Gasteiger partial charge in [0.15, 0.2) is 0 Å². The van der Waals surface area contributed by atoms with Crippen molar-refractivity contribution in [2.45, 2.75) is 99.8 Å². The molecule has 1 aliphatic rings. The molecule has 0 saturated carbocycles. The van der Waals surface area contributed by atoms with Gasteiger partial charge >= 0.3 is 0 Å². The third-order valence-corrected chi connectivity index (χ3v) is 5.11. The molecule has 1 atom stereocenters. The normalized spacial score (nSPS) is 19.9. The van der Waals surface area contributed by atoms with Gasteiger partial charge in [0, 0.05) is 0 Å². The summed E-state index contributed by atoms with van der Waals surface area (Å²) in [7, 11) is 0. The first kappa shape index (κ1) is 19.5. The van der Waals surface area contributed by atoms with Crippen LogP contribution in [-0.2, 0) is 0 Å². The topological polar surface area (TPSA) is 0 Å². The van der Waals surface area contributed by atoms with Crippen molar-refractivity contribution in [3.8, 4) is 0 Å². The van der Waals surface area contributed by atoms with Gasteiger partial charge in [0.05, 0.1) is 0 Å². The third kappa shape index (κ3) is 6.31. The second-order valence-electron chi connectivity index (χ2n) is 9.27. The maximum Gasteiger partial charge on any atom is -0.0157 e. The summed E-state index contributed by atoms with van der Waals surface area (Å²) in [6.07, 6.45) is 16.0. The minimum Gasteiger partial charge on any atom is -0.0654 e. The molecule has 1 aliphatic carbocycles. The van der Waals surface area contributed by atoms with E-state index in [1.54, 1.807) is 11.1 Å². The fourth-order valence-electron chi connectivity index (χ4n) is 3.62. The van der Waals surface area contributed by atoms with Crippen molar-refractivity contribution in [3.05, 3.63) is 23.3 Å². The lowest BCUT2D eigenvalue weighted by molar-refractivity contribution is 0.362.